The van der Waals surface area contributed by atoms with Gasteiger partial charge in [-0.25, -0.2) is 4.39 Å². The van der Waals surface area contributed by atoms with E-state index in [1.165, 1.54) is 29.9 Å². The minimum Gasteiger partial charge on any atom is -0.263 e. The Labute approximate surface area is 203 Å². The molecule has 0 spiro atoms. The average Bonchev–Trinajstić information content (AvgIpc) is 3.29. The molecule has 1 aromatic carbocycles. The van der Waals surface area contributed by atoms with Gasteiger partial charge in [0.05, 0.1) is 39.0 Å². The maximum Gasteiger partial charge on any atom is 0.151 e. The number of tetrazole rings is 1. The van der Waals surface area contributed by atoms with Crippen molar-refractivity contribution in [3.8, 4) is 27.3 Å². The van der Waals surface area contributed by atoms with Crippen molar-refractivity contribution in [2.24, 2.45) is 5.92 Å². The summed E-state index contributed by atoms with van der Waals surface area (Å²) in [6.07, 6.45) is 12.2. The van der Waals surface area contributed by atoms with Crippen LogP contribution >= 0.6 is 22.9 Å². The summed E-state index contributed by atoms with van der Waals surface area (Å²) in [5.74, 6) is 0.124. The summed E-state index contributed by atoms with van der Waals surface area (Å²) in [6, 6.07) is 6.96. The molecule has 1 saturated carbocycles. The third kappa shape index (κ3) is 3.99. The van der Waals surface area contributed by atoms with Crippen molar-refractivity contribution < 1.29 is 4.39 Å². The molecule has 1 aliphatic carbocycles. The predicted octanol–water partition coefficient (Wildman–Crippen LogP) is 5.23. The van der Waals surface area contributed by atoms with E-state index in [1.54, 1.807) is 23.6 Å². The summed E-state index contributed by atoms with van der Waals surface area (Å²) in [6.45, 7) is 0. The summed E-state index contributed by atoms with van der Waals surface area (Å²) in [5, 5.41) is 15.9. The monoisotopic (exact) mass is 492 g/mol. The molecule has 6 rings (SSSR count). The van der Waals surface area contributed by atoms with Crippen molar-refractivity contribution in [2.45, 2.75) is 25.3 Å². The van der Waals surface area contributed by atoms with Crippen LogP contribution < -0.4 is 0 Å². The standard InChI is InChI=1S/C23H18ClFN8S/c24-17-4-6-19(33-12-28-30-31-33)22(23(17)25)15-3-5-18(27-8-15)20(7-14-1-2-14)32-11-16(9-29-32)21-10-26-13-34-21/h3-6,8-14,20H,1-2,7H2. The van der Waals surface area contributed by atoms with E-state index in [-0.39, 0.29) is 11.1 Å². The van der Waals surface area contributed by atoms with E-state index in [2.05, 4.69) is 25.6 Å². The first-order valence-corrected chi connectivity index (χ1v) is 12.0. The number of rotatable bonds is 7. The molecule has 0 saturated heterocycles. The topological polar surface area (TPSA) is 87.2 Å². The highest BCUT2D eigenvalue weighted by Crippen LogP contribution is 2.40. The summed E-state index contributed by atoms with van der Waals surface area (Å²) in [5.41, 5.74) is 5.09. The van der Waals surface area contributed by atoms with Crippen molar-refractivity contribution in [2.75, 3.05) is 0 Å². The summed E-state index contributed by atoms with van der Waals surface area (Å²) in [7, 11) is 0. The van der Waals surface area contributed by atoms with Crippen LogP contribution in [0.25, 0.3) is 27.3 Å². The van der Waals surface area contributed by atoms with Gasteiger partial charge in [-0.05, 0) is 41.0 Å². The predicted molar refractivity (Wildman–Crippen MR) is 126 cm³/mol. The van der Waals surface area contributed by atoms with Gasteiger partial charge in [0.2, 0.25) is 0 Å². The lowest BCUT2D eigenvalue weighted by atomic mass is 10.0. The maximum atomic E-state index is 15.1. The normalized spacial score (nSPS) is 14.4. The molecule has 0 N–H and O–H groups in total. The van der Waals surface area contributed by atoms with E-state index < -0.39 is 5.82 Å². The summed E-state index contributed by atoms with van der Waals surface area (Å²) >= 11 is 7.68. The fourth-order valence-electron chi connectivity index (χ4n) is 4.06. The van der Waals surface area contributed by atoms with Crippen LogP contribution in [-0.4, -0.2) is 40.0 Å². The Hall–Kier alpha value is -3.50. The molecule has 0 aliphatic heterocycles. The van der Waals surface area contributed by atoms with E-state index in [1.807, 2.05) is 40.9 Å². The number of aromatic nitrogens is 8. The number of nitrogens with zero attached hydrogens (tertiary/aromatic N) is 8. The summed E-state index contributed by atoms with van der Waals surface area (Å²) < 4.78 is 18.5. The zero-order valence-corrected chi connectivity index (χ0v) is 19.4. The lowest BCUT2D eigenvalue weighted by Crippen LogP contribution is -2.13. The van der Waals surface area contributed by atoms with Gasteiger partial charge >= 0.3 is 0 Å². The second-order valence-electron chi connectivity index (χ2n) is 8.25. The van der Waals surface area contributed by atoms with E-state index in [0.717, 1.165) is 22.6 Å². The van der Waals surface area contributed by atoms with E-state index in [9.17, 15) is 0 Å². The highest BCUT2D eigenvalue weighted by atomic mass is 35.5. The van der Waals surface area contributed by atoms with Crippen LogP contribution in [0.5, 0.6) is 0 Å². The van der Waals surface area contributed by atoms with Gasteiger partial charge in [0.1, 0.15) is 6.33 Å². The Balaban J connectivity index is 1.37. The fraction of sp³-hybridized carbons (Fsp3) is 0.217. The van der Waals surface area contributed by atoms with Gasteiger partial charge in [-0.3, -0.25) is 14.6 Å². The molecule has 5 aromatic rings. The second-order valence-corrected chi connectivity index (χ2v) is 9.54. The quantitative estimate of drug-likeness (QED) is 0.309. The van der Waals surface area contributed by atoms with Crippen LogP contribution in [0.3, 0.4) is 0 Å². The average molecular weight is 493 g/mol. The van der Waals surface area contributed by atoms with E-state index in [0.29, 0.717) is 22.7 Å². The molecule has 1 atom stereocenters. The van der Waals surface area contributed by atoms with Gasteiger partial charge in [-0.1, -0.05) is 30.5 Å². The minimum atomic E-state index is -0.542. The molecule has 0 amide bonds. The molecule has 4 aromatic heterocycles. The molecule has 1 aliphatic rings. The maximum absolute atomic E-state index is 15.1. The SMILES string of the molecule is Fc1c(Cl)ccc(-n2cnnn2)c1-c1ccc(C(CC2CC2)n2cc(-c3cncs3)cn2)nc1. The zero-order valence-electron chi connectivity index (χ0n) is 17.8. The lowest BCUT2D eigenvalue weighted by Gasteiger charge is -2.18. The van der Waals surface area contributed by atoms with Gasteiger partial charge < -0.3 is 0 Å². The van der Waals surface area contributed by atoms with Crippen molar-refractivity contribution in [1.29, 1.82) is 0 Å². The number of hydrogen-bond acceptors (Lipinski definition) is 7. The van der Waals surface area contributed by atoms with Gasteiger partial charge in [0.15, 0.2) is 5.82 Å². The largest absolute Gasteiger partial charge is 0.263 e. The highest BCUT2D eigenvalue weighted by molar-refractivity contribution is 7.13. The molecule has 4 heterocycles. The van der Waals surface area contributed by atoms with Gasteiger partial charge in [0.25, 0.3) is 0 Å². The third-order valence-electron chi connectivity index (χ3n) is 5.98. The van der Waals surface area contributed by atoms with Crippen LogP contribution in [0.1, 0.15) is 31.0 Å². The molecule has 34 heavy (non-hydrogen) atoms. The Kier molecular flexibility index (Phi) is 5.39. The molecule has 1 fully saturated rings. The first-order chi connectivity index (χ1) is 16.7. The summed E-state index contributed by atoms with van der Waals surface area (Å²) in [4.78, 5) is 9.97. The molecule has 0 bridgehead atoms. The van der Waals surface area contributed by atoms with Crippen LogP contribution in [0.15, 0.2) is 60.9 Å². The molecule has 170 valence electrons. The number of halogens is 2. The van der Waals surface area contributed by atoms with Crippen molar-refractivity contribution in [3.63, 3.8) is 0 Å². The third-order valence-corrected chi connectivity index (χ3v) is 7.09. The minimum absolute atomic E-state index is 0.00795. The van der Waals surface area contributed by atoms with Crippen LogP contribution in [0.4, 0.5) is 4.39 Å². The molecule has 1 unspecified atom stereocenters. The number of pyridine rings is 1. The first-order valence-electron chi connectivity index (χ1n) is 10.8. The van der Waals surface area contributed by atoms with Crippen LogP contribution in [-0.2, 0) is 0 Å². The Bertz CT molecular complexity index is 1410. The molecule has 8 nitrogen and oxygen atoms in total. The Morgan fingerprint density at radius 1 is 1.12 bits per heavy atom. The lowest BCUT2D eigenvalue weighted by molar-refractivity contribution is 0.455. The molecular formula is C23H18ClFN8S. The Morgan fingerprint density at radius 2 is 2.03 bits per heavy atom. The molecular weight excluding hydrogens is 475 g/mol. The van der Waals surface area contributed by atoms with Gasteiger partial charge in [-0.15, -0.1) is 16.4 Å². The van der Waals surface area contributed by atoms with Crippen molar-refractivity contribution >= 4 is 22.9 Å². The molecule has 0 radical (unpaired) electrons. The van der Waals surface area contributed by atoms with Crippen LogP contribution in [0.2, 0.25) is 5.02 Å². The number of benzene rings is 1. The Morgan fingerprint density at radius 3 is 2.74 bits per heavy atom. The van der Waals surface area contributed by atoms with Gasteiger partial charge in [-0.2, -0.15) is 9.78 Å². The van der Waals surface area contributed by atoms with E-state index >= 15 is 4.39 Å². The van der Waals surface area contributed by atoms with Gasteiger partial charge in [0, 0.05) is 35.3 Å². The smallest absolute Gasteiger partial charge is 0.151 e. The van der Waals surface area contributed by atoms with Crippen molar-refractivity contribution in [1.82, 2.24) is 40.0 Å². The number of thiazole rings is 1. The molecule has 11 heteroatoms. The first kappa shape index (κ1) is 21.1. The van der Waals surface area contributed by atoms with Crippen LogP contribution in [0, 0.1) is 11.7 Å². The zero-order chi connectivity index (χ0) is 23.1. The highest BCUT2D eigenvalue weighted by Gasteiger charge is 2.29. The fourth-order valence-corrected chi connectivity index (χ4v) is 4.81. The van der Waals surface area contributed by atoms with Crippen molar-refractivity contribution in [3.05, 3.63) is 77.4 Å². The van der Waals surface area contributed by atoms with E-state index in [4.69, 9.17) is 16.6 Å². The number of hydrogen-bond donors (Lipinski definition) is 0. The second kappa shape index (κ2) is 8.69.